The first-order valence-corrected chi connectivity index (χ1v) is 8.94. The molecule has 28 heavy (non-hydrogen) atoms. The molecule has 0 aliphatic heterocycles. The number of aromatic nitrogens is 10. The van der Waals surface area contributed by atoms with Crippen LogP contribution in [-0.4, -0.2) is 50.2 Å². The molecule has 3 aromatic heterocycles. The monoisotopic (exact) mass is 380 g/mol. The van der Waals surface area contributed by atoms with Gasteiger partial charge in [-0.1, -0.05) is 10.4 Å². The van der Waals surface area contributed by atoms with Crippen molar-refractivity contribution in [3.05, 3.63) is 38.7 Å². The fourth-order valence-corrected chi connectivity index (χ4v) is 3.20. The van der Waals surface area contributed by atoms with E-state index in [2.05, 4.69) is 36.1 Å². The van der Waals surface area contributed by atoms with E-state index in [1.807, 2.05) is 6.92 Å². The summed E-state index contributed by atoms with van der Waals surface area (Å²) in [7, 11) is 0. The molecule has 12 heteroatoms. The molecule has 142 valence electrons. The summed E-state index contributed by atoms with van der Waals surface area (Å²) in [6.07, 6.45) is 1.85. The first-order chi connectivity index (χ1) is 13.5. The molecule has 0 unspecified atom stereocenters. The molecule has 0 bridgehead atoms. The molecule has 1 atom stereocenters. The minimum atomic E-state index is -0.323. The molecule has 0 amide bonds. The molecular weight excluding hydrogens is 364 g/mol. The summed E-state index contributed by atoms with van der Waals surface area (Å²) in [4.78, 5) is 25.6. The Kier molecular flexibility index (Phi) is 3.54. The van der Waals surface area contributed by atoms with E-state index in [0.29, 0.717) is 34.2 Å². The van der Waals surface area contributed by atoms with Gasteiger partial charge in [0.2, 0.25) is 0 Å². The molecule has 1 fully saturated rings. The van der Waals surface area contributed by atoms with Gasteiger partial charge in [-0.3, -0.25) is 9.59 Å². The average molecular weight is 380 g/mol. The van der Waals surface area contributed by atoms with Crippen LogP contribution in [0.1, 0.15) is 37.7 Å². The SMILES string of the molecule is Cc1nnnn1C[C@@H](C)n1nnc2cc3c(=O)n(C4CC4)nnc3cc2c1=O. The minimum absolute atomic E-state index is 0.120. The van der Waals surface area contributed by atoms with Crippen LogP contribution in [0.4, 0.5) is 0 Å². The zero-order valence-corrected chi connectivity index (χ0v) is 15.2. The van der Waals surface area contributed by atoms with E-state index in [4.69, 9.17) is 0 Å². The smallest absolute Gasteiger partial charge is 0.267 e. The van der Waals surface area contributed by atoms with Crippen LogP contribution in [-0.2, 0) is 6.54 Å². The highest BCUT2D eigenvalue weighted by Crippen LogP contribution is 2.32. The fraction of sp³-hybridized carbons (Fsp3) is 0.438. The topological polar surface area (TPSA) is 139 Å². The van der Waals surface area contributed by atoms with Gasteiger partial charge in [-0.2, -0.15) is 0 Å². The number of benzene rings is 1. The maximum atomic E-state index is 13.0. The van der Waals surface area contributed by atoms with E-state index in [-0.39, 0.29) is 23.2 Å². The van der Waals surface area contributed by atoms with Crippen LogP contribution >= 0.6 is 0 Å². The van der Waals surface area contributed by atoms with Gasteiger partial charge in [0.25, 0.3) is 11.1 Å². The molecular formula is C16H16N10O2. The van der Waals surface area contributed by atoms with Gasteiger partial charge in [0.1, 0.15) is 16.9 Å². The second-order valence-electron chi connectivity index (χ2n) is 7.05. The third-order valence-electron chi connectivity index (χ3n) is 4.95. The zero-order valence-electron chi connectivity index (χ0n) is 15.2. The number of fused-ring (bicyclic) bond motifs is 2. The molecule has 12 nitrogen and oxygen atoms in total. The summed E-state index contributed by atoms with van der Waals surface area (Å²) < 4.78 is 4.28. The Morgan fingerprint density at radius 3 is 2.32 bits per heavy atom. The Labute approximate surface area is 156 Å². The van der Waals surface area contributed by atoms with Gasteiger partial charge in [0.15, 0.2) is 0 Å². The van der Waals surface area contributed by atoms with E-state index in [9.17, 15) is 9.59 Å². The summed E-state index contributed by atoms with van der Waals surface area (Å²) in [6.45, 7) is 3.98. The third kappa shape index (κ3) is 2.56. The summed E-state index contributed by atoms with van der Waals surface area (Å²) in [6, 6.07) is 2.92. The second-order valence-corrected chi connectivity index (χ2v) is 7.05. The predicted octanol–water partition coefficient (Wildman–Crippen LogP) is -0.213. The van der Waals surface area contributed by atoms with Gasteiger partial charge < -0.3 is 0 Å². The van der Waals surface area contributed by atoms with Crippen molar-refractivity contribution in [2.24, 2.45) is 0 Å². The van der Waals surface area contributed by atoms with Gasteiger partial charge >= 0.3 is 0 Å². The van der Waals surface area contributed by atoms with Crippen molar-refractivity contribution in [2.45, 2.75) is 45.3 Å². The summed E-state index contributed by atoms with van der Waals surface area (Å²) in [5, 5.41) is 28.4. The number of nitrogens with zero attached hydrogens (tertiary/aromatic N) is 10. The standard InChI is InChI=1S/C16H16N10O2/c1-8(7-24-9(2)17-20-23-24)25-15(27)11-5-14-12(6-13(11)18-21-25)16(28)26(22-19-14)10-3-4-10/h5-6,8,10H,3-4,7H2,1-2H3/t8-/m1/s1. The van der Waals surface area contributed by atoms with Gasteiger partial charge in [-0.05, 0) is 49.2 Å². The molecule has 0 N–H and O–H groups in total. The van der Waals surface area contributed by atoms with Crippen LogP contribution in [0.15, 0.2) is 21.7 Å². The maximum absolute atomic E-state index is 13.0. The van der Waals surface area contributed by atoms with Crippen LogP contribution in [0.2, 0.25) is 0 Å². The van der Waals surface area contributed by atoms with E-state index in [1.54, 1.807) is 23.7 Å². The largest absolute Gasteiger partial charge is 0.277 e. The highest BCUT2D eigenvalue weighted by molar-refractivity contribution is 5.93. The van der Waals surface area contributed by atoms with Gasteiger partial charge in [0.05, 0.1) is 29.4 Å². The number of tetrazole rings is 1. The normalized spacial score (nSPS) is 15.4. The lowest BCUT2D eigenvalue weighted by Crippen LogP contribution is -2.30. The Morgan fingerprint density at radius 2 is 1.68 bits per heavy atom. The molecule has 4 aromatic rings. The number of hydrogen-bond acceptors (Lipinski definition) is 9. The van der Waals surface area contributed by atoms with Gasteiger partial charge in [-0.25, -0.2) is 14.0 Å². The van der Waals surface area contributed by atoms with Crippen molar-refractivity contribution in [3.8, 4) is 0 Å². The van der Waals surface area contributed by atoms with E-state index in [0.717, 1.165) is 12.8 Å². The van der Waals surface area contributed by atoms with Crippen molar-refractivity contribution < 1.29 is 0 Å². The minimum Gasteiger partial charge on any atom is -0.267 e. The quantitative estimate of drug-likeness (QED) is 0.440. The summed E-state index contributed by atoms with van der Waals surface area (Å²) >= 11 is 0. The third-order valence-corrected chi connectivity index (χ3v) is 4.95. The lowest BCUT2D eigenvalue weighted by atomic mass is 10.2. The Morgan fingerprint density at radius 1 is 1.00 bits per heavy atom. The molecule has 1 saturated carbocycles. The first-order valence-electron chi connectivity index (χ1n) is 8.94. The lowest BCUT2D eigenvalue weighted by Gasteiger charge is -2.13. The second kappa shape index (κ2) is 5.97. The molecule has 0 radical (unpaired) electrons. The van der Waals surface area contributed by atoms with E-state index >= 15 is 0 Å². The molecule has 1 aliphatic carbocycles. The van der Waals surface area contributed by atoms with Crippen molar-refractivity contribution in [1.29, 1.82) is 0 Å². The van der Waals surface area contributed by atoms with Crippen LogP contribution in [0.25, 0.3) is 21.8 Å². The number of rotatable bonds is 4. The van der Waals surface area contributed by atoms with Crippen LogP contribution in [0.5, 0.6) is 0 Å². The molecule has 1 aromatic carbocycles. The highest BCUT2D eigenvalue weighted by Gasteiger charge is 2.27. The highest BCUT2D eigenvalue weighted by atomic mass is 16.1. The molecule has 3 heterocycles. The maximum Gasteiger partial charge on any atom is 0.277 e. The van der Waals surface area contributed by atoms with Crippen molar-refractivity contribution in [3.63, 3.8) is 0 Å². The molecule has 0 spiro atoms. The van der Waals surface area contributed by atoms with Crippen LogP contribution in [0.3, 0.4) is 0 Å². The summed E-state index contributed by atoms with van der Waals surface area (Å²) in [5.41, 5.74) is 0.184. The molecule has 0 saturated heterocycles. The molecule has 1 aliphatic rings. The Balaban J connectivity index is 1.61. The fourth-order valence-electron chi connectivity index (χ4n) is 3.20. The van der Waals surface area contributed by atoms with Crippen LogP contribution in [0, 0.1) is 6.92 Å². The number of hydrogen-bond donors (Lipinski definition) is 0. The van der Waals surface area contributed by atoms with Gasteiger partial charge in [0, 0.05) is 0 Å². The summed E-state index contributed by atoms with van der Waals surface area (Å²) in [5.74, 6) is 0.641. The predicted molar refractivity (Wildman–Crippen MR) is 96.7 cm³/mol. The number of aryl methyl sites for hydroxylation is 1. The van der Waals surface area contributed by atoms with Gasteiger partial charge in [-0.15, -0.1) is 15.3 Å². The van der Waals surface area contributed by atoms with Crippen molar-refractivity contribution in [2.75, 3.05) is 0 Å². The first kappa shape index (κ1) is 16.6. The Hall–Kier alpha value is -3.57. The zero-order chi connectivity index (χ0) is 19.4. The molecule has 5 rings (SSSR count). The Bertz CT molecular complexity index is 1330. The van der Waals surface area contributed by atoms with E-state index < -0.39 is 0 Å². The van der Waals surface area contributed by atoms with E-state index in [1.165, 1.54) is 9.36 Å². The lowest BCUT2D eigenvalue weighted by molar-refractivity contribution is 0.372. The van der Waals surface area contributed by atoms with Crippen molar-refractivity contribution in [1.82, 2.24) is 50.2 Å². The average Bonchev–Trinajstić information content (AvgIpc) is 3.45. The van der Waals surface area contributed by atoms with Crippen molar-refractivity contribution >= 4 is 21.8 Å². The van der Waals surface area contributed by atoms with Crippen LogP contribution < -0.4 is 11.1 Å².